The smallest absolute Gasteiger partial charge is 0.122 e. The summed E-state index contributed by atoms with van der Waals surface area (Å²) in [4.78, 5) is 0. The Morgan fingerprint density at radius 3 is 2.85 bits per heavy atom. The topological polar surface area (TPSA) is 30.5 Å². The number of rotatable bonds is 6. The maximum absolute atomic E-state index is 5.91. The second kappa shape index (κ2) is 6.59. The molecule has 1 heterocycles. The van der Waals surface area contributed by atoms with Gasteiger partial charge in [-0.2, -0.15) is 0 Å². The van der Waals surface area contributed by atoms with Crippen LogP contribution < -0.4 is 10.1 Å². The third kappa shape index (κ3) is 3.74. The van der Waals surface area contributed by atoms with Crippen molar-refractivity contribution in [2.45, 2.75) is 44.8 Å². The van der Waals surface area contributed by atoms with Crippen LogP contribution in [-0.4, -0.2) is 32.4 Å². The molecule has 0 saturated heterocycles. The summed E-state index contributed by atoms with van der Waals surface area (Å²) in [7, 11) is 3.83. The first-order valence-corrected chi connectivity index (χ1v) is 7.49. The van der Waals surface area contributed by atoms with Gasteiger partial charge in [0.05, 0.1) is 12.2 Å². The molecule has 2 atom stereocenters. The lowest BCUT2D eigenvalue weighted by Gasteiger charge is -2.33. The molecule has 2 unspecified atom stereocenters. The van der Waals surface area contributed by atoms with Crippen molar-refractivity contribution in [2.75, 3.05) is 20.8 Å². The van der Waals surface area contributed by atoms with E-state index in [9.17, 15) is 0 Å². The predicted molar refractivity (Wildman–Crippen MR) is 82.3 cm³/mol. The summed E-state index contributed by atoms with van der Waals surface area (Å²) in [6.07, 6.45) is 3.25. The van der Waals surface area contributed by atoms with Crippen LogP contribution in [-0.2, 0) is 11.2 Å². The lowest BCUT2D eigenvalue weighted by molar-refractivity contribution is 0.00928. The van der Waals surface area contributed by atoms with Crippen LogP contribution in [0.5, 0.6) is 5.75 Å². The van der Waals surface area contributed by atoms with Crippen molar-refractivity contribution in [3.05, 3.63) is 29.8 Å². The van der Waals surface area contributed by atoms with E-state index in [-0.39, 0.29) is 5.60 Å². The highest BCUT2D eigenvalue weighted by atomic mass is 16.5. The molecule has 0 aromatic heterocycles. The highest BCUT2D eigenvalue weighted by molar-refractivity contribution is 5.35. The minimum atomic E-state index is -0.0530. The van der Waals surface area contributed by atoms with Crippen molar-refractivity contribution in [1.82, 2.24) is 5.32 Å². The van der Waals surface area contributed by atoms with Gasteiger partial charge >= 0.3 is 0 Å². The second-order valence-corrected chi connectivity index (χ2v) is 6.28. The molecular weight excluding hydrogens is 250 g/mol. The molecule has 0 bridgehead atoms. The SMILES string of the molecule is CNC(CCC(C)(C)OC)C1COc2ccccc2C1. The van der Waals surface area contributed by atoms with Gasteiger partial charge in [-0.05, 0) is 51.8 Å². The van der Waals surface area contributed by atoms with Crippen molar-refractivity contribution in [1.29, 1.82) is 0 Å². The number of nitrogens with one attached hydrogen (secondary N) is 1. The molecule has 1 aromatic rings. The molecule has 3 heteroatoms. The minimum Gasteiger partial charge on any atom is -0.493 e. The molecule has 3 nitrogen and oxygen atoms in total. The third-order valence-corrected chi connectivity index (χ3v) is 4.46. The third-order valence-electron chi connectivity index (χ3n) is 4.46. The number of ether oxygens (including phenoxy) is 2. The largest absolute Gasteiger partial charge is 0.493 e. The molecule has 0 amide bonds. The van der Waals surface area contributed by atoms with Crippen molar-refractivity contribution in [3.8, 4) is 5.75 Å². The molecule has 0 spiro atoms. The Morgan fingerprint density at radius 2 is 2.15 bits per heavy atom. The number of methoxy groups -OCH3 is 1. The summed E-state index contributed by atoms with van der Waals surface area (Å²) in [5, 5.41) is 3.46. The van der Waals surface area contributed by atoms with Crippen molar-refractivity contribution >= 4 is 0 Å². The Bertz CT molecular complexity index is 431. The molecule has 0 radical (unpaired) electrons. The normalized spacial score (nSPS) is 20.1. The molecule has 1 aromatic carbocycles. The lowest BCUT2D eigenvalue weighted by atomic mass is 9.86. The number of hydrogen-bond donors (Lipinski definition) is 1. The lowest BCUT2D eigenvalue weighted by Crippen LogP contribution is -2.41. The van der Waals surface area contributed by atoms with Crippen LogP contribution in [0.1, 0.15) is 32.3 Å². The van der Waals surface area contributed by atoms with Crippen LogP contribution in [0.25, 0.3) is 0 Å². The number of benzene rings is 1. The van der Waals surface area contributed by atoms with E-state index in [0.29, 0.717) is 12.0 Å². The van der Waals surface area contributed by atoms with Crippen LogP contribution in [0.3, 0.4) is 0 Å². The van der Waals surface area contributed by atoms with Gasteiger partial charge in [0, 0.05) is 19.1 Å². The number of hydrogen-bond acceptors (Lipinski definition) is 3. The second-order valence-electron chi connectivity index (χ2n) is 6.28. The average molecular weight is 277 g/mol. The monoisotopic (exact) mass is 277 g/mol. The Labute approximate surface area is 122 Å². The summed E-state index contributed by atoms with van der Waals surface area (Å²) < 4.78 is 11.4. The predicted octanol–water partition coefficient (Wildman–Crippen LogP) is 3.03. The van der Waals surface area contributed by atoms with Crippen LogP contribution >= 0.6 is 0 Å². The molecule has 0 saturated carbocycles. The van der Waals surface area contributed by atoms with Crippen molar-refractivity contribution in [2.24, 2.45) is 5.92 Å². The first kappa shape index (κ1) is 15.3. The molecule has 2 rings (SSSR count). The summed E-state index contributed by atoms with van der Waals surface area (Å²) in [5.41, 5.74) is 1.28. The van der Waals surface area contributed by atoms with E-state index in [0.717, 1.165) is 31.6 Å². The summed E-state index contributed by atoms with van der Waals surface area (Å²) >= 11 is 0. The summed E-state index contributed by atoms with van der Waals surface area (Å²) in [6.45, 7) is 5.09. The van der Waals surface area contributed by atoms with Crippen molar-refractivity contribution < 1.29 is 9.47 Å². The van der Waals surface area contributed by atoms with Gasteiger partial charge in [-0.15, -0.1) is 0 Å². The fraction of sp³-hybridized carbons (Fsp3) is 0.647. The highest BCUT2D eigenvalue weighted by Gasteiger charge is 2.28. The first-order chi connectivity index (χ1) is 9.55. The standard InChI is InChI=1S/C17H27NO2/c1-17(2,19-4)10-9-15(18-3)14-11-13-7-5-6-8-16(13)20-12-14/h5-8,14-15,18H,9-12H2,1-4H3. The van der Waals surface area contributed by atoms with E-state index in [1.165, 1.54) is 5.56 Å². The van der Waals surface area contributed by atoms with E-state index in [4.69, 9.17) is 9.47 Å². The fourth-order valence-electron chi connectivity index (χ4n) is 2.83. The van der Waals surface area contributed by atoms with Gasteiger partial charge in [0.1, 0.15) is 5.75 Å². The van der Waals surface area contributed by atoms with Gasteiger partial charge in [-0.3, -0.25) is 0 Å². The van der Waals surface area contributed by atoms with E-state index in [1.807, 2.05) is 13.1 Å². The van der Waals surface area contributed by atoms with E-state index < -0.39 is 0 Å². The molecule has 20 heavy (non-hydrogen) atoms. The van der Waals surface area contributed by atoms with Gasteiger partial charge in [0.15, 0.2) is 0 Å². The molecule has 0 aliphatic carbocycles. The van der Waals surface area contributed by atoms with Gasteiger partial charge in [-0.1, -0.05) is 18.2 Å². The van der Waals surface area contributed by atoms with Crippen LogP contribution in [0.2, 0.25) is 0 Å². The van der Waals surface area contributed by atoms with Crippen molar-refractivity contribution in [3.63, 3.8) is 0 Å². The zero-order valence-electron chi connectivity index (χ0n) is 13.1. The summed E-state index contributed by atoms with van der Waals surface area (Å²) in [6, 6.07) is 8.84. The number of para-hydroxylation sites is 1. The minimum absolute atomic E-state index is 0.0530. The van der Waals surface area contributed by atoms with Gasteiger partial charge < -0.3 is 14.8 Å². The Hall–Kier alpha value is -1.06. The molecule has 1 aliphatic heterocycles. The Balaban J connectivity index is 1.96. The fourth-order valence-corrected chi connectivity index (χ4v) is 2.83. The Kier molecular flexibility index (Phi) is 5.06. The van der Waals surface area contributed by atoms with Gasteiger partial charge in [0.25, 0.3) is 0 Å². The molecule has 1 aliphatic rings. The van der Waals surface area contributed by atoms with Gasteiger partial charge in [-0.25, -0.2) is 0 Å². The van der Waals surface area contributed by atoms with E-state index in [1.54, 1.807) is 7.11 Å². The van der Waals surface area contributed by atoms with Gasteiger partial charge in [0.2, 0.25) is 0 Å². The molecule has 112 valence electrons. The molecule has 1 N–H and O–H groups in total. The quantitative estimate of drug-likeness (QED) is 0.867. The van der Waals surface area contributed by atoms with Crippen LogP contribution in [0, 0.1) is 5.92 Å². The average Bonchev–Trinajstić information content (AvgIpc) is 2.47. The van der Waals surface area contributed by atoms with Crippen LogP contribution in [0.15, 0.2) is 24.3 Å². The number of fused-ring (bicyclic) bond motifs is 1. The summed E-state index contributed by atoms with van der Waals surface area (Å²) in [5.74, 6) is 1.58. The first-order valence-electron chi connectivity index (χ1n) is 7.49. The maximum atomic E-state index is 5.91. The van der Waals surface area contributed by atoms with E-state index >= 15 is 0 Å². The molecule has 0 fully saturated rings. The van der Waals surface area contributed by atoms with Crippen LogP contribution in [0.4, 0.5) is 0 Å². The highest BCUT2D eigenvalue weighted by Crippen LogP contribution is 2.30. The zero-order chi connectivity index (χ0) is 14.6. The Morgan fingerprint density at radius 1 is 1.40 bits per heavy atom. The van der Waals surface area contributed by atoms with E-state index in [2.05, 4.69) is 37.4 Å². The molecular formula is C17H27NO2. The zero-order valence-corrected chi connectivity index (χ0v) is 13.1. The maximum Gasteiger partial charge on any atom is 0.122 e.